The van der Waals surface area contributed by atoms with Gasteiger partial charge in [0.1, 0.15) is 10.1 Å². The Kier molecular flexibility index (Phi) is 5.78. The van der Waals surface area contributed by atoms with E-state index in [0.717, 1.165) is 36.0 Å². The van der Waals surface area contributed by atoms with E-state index >= 15 is 0 Å². The maximum Gasteiger partial charge on any atom is 0.333 e. The molecular weight excluding hydrogens is 498 g/mol. The Labute approximate surface area is 204 Å². The quantitative estimate of drug-likeness (QED) is 0.451. The molecule has 1 aromatic heterocycles. The highest BCUT2D eigenvalue weighted by atomic mass is 35.5. The predicted octanol–water partition coefficient (Wildman–Crippen LogP) is 3.66. The van der Waals surface area contributed by atoms with Crippen LogP contribution in [0.4, 0.5) is 16.2 Å². The van der Waals surface area contributed by atoms with Gasteiger partial charge in [-0.25, -0.2) is 22.9 Å². The van der Waals surface area contributed by atoms with E-state index in [1.54, 1.807) is 37.3 Å². The van der Waals surface area contributed by atoms with Crippen molar-refractivity contribution in [2.75, 3.05) is 17.2 Å². The average Bonchev–Trinajstić information content (AvgIpc) is 3.44. The highest BCUT2D eigenvalue weighted by Gasteiger charge is 2.28. The van der Waals surface area contributed by atoms with Crippen molar-refractivity contribution in [2.24, 2.45) is 0 Å². The fraction of sp³-hybridized carbons (Fsp3) is 0.227. The number of allylic oxidation sites excluding steroid dienone is 1. The Hall–Kier alpha value is -3.02. The minimum absolute atomic E-state index is 0.0260. The number of carbonyl (C=O) groups excluding carboxylic acids is 1. The van der Waals surface area contributed by atoms with Crippen LogP contribution >= 0.6 is 23.4 Å². The number of sulfonamides is 1. The van der Waals surface area contributed by atoms with Crippen molar-refractivity contribution in [2.45, 2.75) is 24.5 Å². The van der Waals surface area contributed by atoms with Crippen molar-refractivity contribution in [3.8, 4) is 5.69 Å². The van der Waals surface area contributed by atoms with Crippen molar-refractivity contribution < 1.29 is 13.2 Å². The molecule has 176 valence electrons. The molecule has 1 atom stereocenters. The highest BCUT2D eigenvalue weighted by Crippen LogP contribution is 2.37. The summed E-state index contributed by atoms with van der Waals surface area (Å²) in [4.78, 5) is 30.2. The molecule has 0 fully saturated rings. The normalized spacial score (nSPS) is 17.2. The number of thioether (sulfide) groups is 1. The fourth-order valence-corrected chi connectivity index (χ4v) is 6.93. The van der Waals surface area contributed by atoms with Gasteiger partial charge in [-0.3, -0.25) is 9.36 Å². The summed E-state index contributed by atoms with van der Waals surface area (Å²) in [7, 11) is -3.98. The van der Waals surface area contributed by atoms with Crippen molar-refractivity contribution in [1.29, 1.82) is 0 Å². The van der Waals surface area contributed by atoms with Crippen LogP contribution in [0.2, 0.25) is 0 Å². The van der Waals surface area contributed by atoms with Gasteiger partial charge in [0, 0.05) is 23.5 Å². The van der Waals surface area contributed by atoms with E-state index in [-0.39, 0.29) is 14.5 Å². The first-order valence-electron chi connectivity index (χ1n) is 10.5. The monoisotopic (exact) mass is 517 g/mol. The number of aromatic nitrogens is 2. The van der Waals surface area contributed by atoms with Crippen molar-refractivity contribution in [3.63, 3.8) is 0 Å². The van der Waals surface area contributed by atoms with Gasteiger partial charge in [-0.2, -0.15) is 0 Å². The van der Waals surface area contributed by atoms with E-state index in [2.05, 4.69) is 10.6 Å². The minimum Gasteiger partial charge on any atom is -0.384 e. The first-order chi connectivity index (χ1) is 16.2. The number of nitrogens with one attached hydrogen (secondary N) is 3. The topological polar surface area (TPSA) is 122 Å². The Morgan fingerprint density at radius 2 is 2.00 bits per heavy atom. The second-order valence-corrected chi connectivity index (χ2v) is 11.8. The summed E-state index contributed by atoms with van der Waals surface area (Å²) >= 11 is 6.89. The lowest BCUT2D eigenvalue weighted by molar-refractivity contribution is 0.256. The predicted molar refractivity (Wildman–Crippen MR) is 135 cm³/mol. The maximum atomic E-state index is 13.3. The molecule has 0 spiro atoms. The highest BCUT2D eigenvalue weighted by molar-refractivity contribution is 8.19. The SMILES string of the molecule is Cc1nc2c3c(ccc2c(=O)n1-c1ccc(NC(=O)NS(=O)(=O)C2=CCC(Cl)S2)cc1)NCC3. The van der Waals surface area contributed by atoms with E-state index in [1.165, 1.54) is 10.6 Å². The Balaban J connectivity index is 1.37. The molecule has 34 heavy (non-hydrogen) atoms. The molecule has 9 nitrogen and oxygen atoms in total. The standard InChI is InChI=1S/C22H20ClN5O4S2/c1-12-25-20-15-10-11-24-17(15)7-6-16(20)21(29)28(12)14-4-2-13(3-5-14)26-22(30)27-34(31,32)19-9-8-18(23)33-19/h2-7,9,18,24H,8,10-11H2,1H3,(H2,26,27,30). The average molecular weight is 518 g/mol. The molecule has 0 aliphatic carbocycles. The number of fused-ring (bicyclic) bond motifs is 3. The van der Waals surface area contributed by atoms with Crippen LogP contribution in [-0.2, 0) is 16.4 Å². The molecule has 3 N–H and O–H groups in total. The third-order valence-corrected chi connectivity index (χ3v) is 8.98. The van der Waals surface area contributed by atoms with Gasteiger partial charge in [0.2, 0.25) is 0 Å². The molecule has 2 amide bonds. The Morgan fingerprint density at radius 1 is 1.24 bits per heavy atom. The van der Waals surface area contributed by atoms with Crippen LogP contribution in [-0.4, -0.2) is 35.3 Å². The van der Waals surface area contributed by atoms with Gasteiger partial charge < -0.3 is 10.6 Å². The zero-order chi connectivity index (χ0) is 24.0. The zero-order valence-corrected chi connectivity index (χ0v) is 20.4. The number of urea groups is 1. The second-order valence-electron chi connectivity index (χ2n) is 7.86. The summed E-state index contributed by atoms with van der Waals surface area (Å²) in [6.07, 6.45) is 2.71. The molecule has 2 aliphatic rings. The Morgan fingerprint density at radius 3 is 2.71 bits per heavy atom. The molecule has 3 aromatic rings. The molecule has 0 bridgehead atoms. The third kappa shape index (κ3) is 4.15. The van der Waals surface area contributed by atoms with Crippen LogP contribution in [0.1, 0.15) is 17.8 Å². The molecule has 12 heteroatoms. The number of rotatable bonds is 4. The van der Waals surface area contributed by atoms with E-state index in [0.29, 0.717) is 34.5 Å². The number of hydrogen-bond acceptors (Lipinski definition) is 7. The number of carbonyl (C=O) groups is 1. The summed E-state index contributed by atoms with van der Waals surface area (Å²) in [6.45, 7) is 2.60. The van der Waals surface area contributed by atoms with Crippen LogP contribution < -0.4 is 20.9 Å². The molecule has 1 unspecified atom stereocenters. The van der Waals surface area contributed by atoms with Gasteiger partial charge in [0.15, 0.2) is 0 Å². The smallest absolute Gasteiger partial charge is 0.333 e. The number of halogens is 1. The van der Waals surface area contributed by atoms with Gasteiger partial charge in [-0.15, -0.1) is 11.6 Å². The Bertz CT molecular complexity index is 1520. The van der Waals surface area contributed by atoms with E-state index in [9.17, 15) is 18.0 Å². The number of amides is 2. The molecular formula is C22H20ClN5O4S2. The van der Waals surface area contributed by atoms with E-state index in [4.69, 9.17) is 16.6 Å². The molecule has 2 aliphatic heterocycles. The molecule has 0 saturated carbocycles. The molecule has 2 aromatic carbocycles. The van der Waals surface area contributed by atoms with Gasteiger partial charge in [0.05, 0.1) is 21.3 Å². The van der Waals surface area contributed by atoms with Crippen molar-refractivity contribution in [1.82, 2.24) is 14.3 Å². The van der Waals surface area contributed by atoms with Gasteiger partial charge in [-0.05, 0) is 56.2 Å². The lowest BCUT2D eigenvalue weighted by Crippen LogP contribution is -2.34. The van der Waals surface area contributed by atoms with Gasteiger partial charge in [-0.1, -0.05) is 17.8 Å². The number of nitrogens with zero attached hydrogens (tertiary/aromatic N) is 2. The number of anilines is 2. The zero-order valence-electron chi connectivity index (χ0n) is 18.0. The fourth-order valence-electron chi connectivity index (χ4n) is 4.07. The number of aryl methyl sites for hydroxylation is 1. The van der Waals surface area contributed by atoms with Crippen LogP contribution in [0, 0.1) is 6.92 Å². The molecule has 0 saturated heterocycles. The summed E-state index contributed by atoms with van der Waals surface area (Å²) in [5, 5.41) is 6.32. The van der Waals surface area contributed by atoms with Crippen LogP contribution in [0.25, 0.3) is 16.6 Å². The molecule has 3 heterocycles. The number of alkyl halides is 1. The summed E-state index contributed by atoms with van der Waals surface area (Å²) in [5.41, 5.74) is 3.55. The van der Waals surface area contributed by atoms with Crippen molar-refractivity contribution in [3.05, 3.63) is 68.5 Å². The summed E-state index contributed by atoms with van der Waals surface area (Å²) in [5.74, 6) is 0.544. The number of benzene rings is 2. The van der Waals surface area contributed by atoms with Crippen LogP contribution in [0.15, 0.2) is 51.5 Å². The minimum atomic E-state index is -3.98. The number of hydrogen-bond donors (Lipinski definition) is 3. The van der Waals surface area contributed by atoms with E-state index < -0.39 is 16.1 Å². The summed E-state index contributed by atoms with van der Waals surface area (Å²) < 4.78 is 27.8. The van der Waals surface area contributed by atoms with Gasteiger partial charge >= 0.3 is 6.03 Å². The van der Waals surface area contributed by atoms with Gasteiger partial charge in [0.25, 0.3) is 15.6 Å². The first-order valence-corrected chi connectivity index (χ1v) is 13.3. The van der Waals surface area contributed by atoms with Crippen LogP contribution in [0.5, 0.6) is 0 Å². The van der Waals surface area contributed by atoms with Crippen LogP contribution in [0.3, 0.4) is 0 Å². The second kappa shape index (κ2) is 8.64. The van der Waals surface area contributed by atoms with Crippen molar-refractivity contribution >= 4 is 61.7 Å². The van der Waals surface area contributed by atoms with E-state index in [1.807, 2.05) is 10.8 Å². The largest absolute Gasteiger partial charge is 0.384 e. The lowest BCUT2D eigenvalue weighted by atomic mass is 10.1. The lowest BCUT2D eigenvalue weighted by Gasteiger charge is -2.13. The molecule has 5 rings (SSSR count). The first kappa shape index (κ1) is 22.8. The summed E-state index contributed by atoms with van der Waals surface area (Å²) in [6, 6.07) is 9.28. The molecule has 0 radical (unpaired) electrons. The third-order valence-electron chi connectivity index (χ3n) is 5.59. The maximum absolute atomic E-state index is 13.3.